The molecule has 1 saturated heterocycles. The number of alkyl halides is 3. The van der Waals surface area contributed by atoms with Crippen LogP contribution in [0.25, 0.3) is 0 Å². The van der Waals surface area contributed by atoms with Crippen LogP contribution in [0.15, 0.2) is 47.7 Å². The van der Waals surface area contributed by atoms with E-state index in [2.05, 4.69) is 20.8 Å². The molecule has 1 aliphatic heterocycles. The smallest absolute Gasteiger partial charge is 0.437 e. The van der Waals surface area contributed by atoms with Crippen LogP contribution in [0.4, 0.5) is 17.6 Å². The van der Waals surface area contributed by atoms with Crippen LogP contribution in [0.5, 0.6) is 11.5 Å². The second-order valence-corrected chi connectivity index (χ2v) is 8.21. The molecule has 3 aromatic rings. The molecule has 1 aromatic carbocycles. The van der Waals surface area contributed by atoms with E-state index < -0.39 is 47.0 Å². The predicted octanol–water partition coefficient (Wildman–Crippen LogP) is 3.29. The standard InChI is InChI=1S/C22H15ClF4N6O3/c23-12-4-11(8-28)5-14(6-12)36-17-18(22(25,26)27)30-10-33(21(17)35)9-13-7-16(20(34)32-31-13)15-2-1-3-29-19(15)24/h1-6,10,13,16,31H,7,9H2,(H,32,34). The Morgan fingerprint density at radius 2 is 2.03 bits per heavy atom. The molecule has 3 heterocycles. The van der Waals surface area contributed by atoms with Crippen molar-refractivity contribution in [2.24, 2.45) is 0 Å². The number of hydrazine groups is 1. The molecule has 14 heteroatoms. The Labute approximate surface area is 205 Å². The van der Waals surface area contributed by atoms with Gasteiger partial charge in [-0.25, -0.2) is 15.4 Å². The topological polar surface area (TPSA) is 122 Å². The third-order valence-electron chi connectivity index (χ3n) is 5.30. The zero-order chi connectivity index (χ0) is 26.0. The molecule has 2 atom stereocenters. The second kappa shape index (κ2) is 9.92. The molecular formula is C22H15ClF4N6O3. The third-order valence-corrected chi connectivity index (χ3v) is 5.52. The molecule has 0 saturated carbocycles. The Balaban J connectivity index is 1.66. The first kappa shape index (κ1) is 25.1. The van der Waals surface area contributed by atoms with Crippen LogP contribution in [0, 0.1) is 17.3 Å². The van der Waals surface area contributed by atoms with E-state index in [9.17, 15) is 27.2 Å². The molecule has 1 amide bonds. The van der Waals surface area contributed by atoms with E-state index in [4.69, 9.17) is 21.6 Å². The maximum atomic E-state index is 14.1. The average molecular weight is 523 g/mol. The molecule has 0 spiro atoms. The lowest BCUT2D eigenvalue weighted by Gasteiger charge is -2.30. The normalized spacial score (nSPS) is 17.8. The van der Waals surface area contributed by atoms with Gasteiger partial charge in [0.1, 0.15) is 5.75 Å². The van der Waals surface area contributed by atoms with E-state index in [0.29, 0.717) is 6.33 Å². The number of pyridine rings is 1. The summed E-state index contributed by atoms with van der Waals surface area (Å²) in [6.07, 6.45) is -3.08. The summed E-state index contributed by atoms with van der Waals surface area (Å²) in [6, 6.07) is 7.49. The minimum absolute atomic E-state index is 0.00565. The van der Waals surface area contributed by atoms with Crippen LogP contribution < -0.4 is 21.1 Å². The Kier molecular flexibility index (Phi) is 6.91. The first-order chi connectivity index (χ1) is 17.1. The van der Waals surface area contributed by atoms with Crippen molar-refractivity contribution in [1.29, 1.82) is 5.26 Å². The molecule has 36 heavy (non-hydrogen) atoms. The largest absolute Gasteiger partial charge is 0.449 e. The van der Waals surface area contributed by atoms with Gasteiger partial charge in [-0.2, -0.15) is 22.8 Å². The highest BCUT2D eigenvalue weighted by Gasteiger charge is 2.39. The number of hydrogen-bond donors (Lipinski definition) is 2. The lowest BCUT2D eigenvalue weighted by Crippen LogP contribution is -2.54. The summed E-state index contributed by atoms with van der Waals surface area (Å²) in [5.74, 6) is -3.70. The van der Waals surface area contributed by atoms with Crippen LogP contribution >= 0.6 is 11.6 Å². The molecule has 2 N–H and O–H groups in total. The lowest BCUT2D eigenvalue weighted by molar-refractivity contribution is -0.142. The van der Waals surface area contributed by atoms with E-state index in [-0.39, 0.29) is 34.9 Å². The molecule has 2 unspecified atom stereocenters. The Morgan fingerprint density at radius 3 is 2.72 bits per heavy atom. The van der Waals surface area contributed by atoms with Crippen molar-refractivity contribution in [1.82, 2.24) is 25.4 Å². The number of carbonyl (C=O) groups excluding carboxylic acids is 1. The minimum Gasteiger partial charge on any atom is -0.449 e. The molecule has 0 radical (unpaired) electrons. The van der Waals surface area contributed by atoms with Crippen molar-refractivity contribution in [3.63, 3.8) is 0 Å². The van der Waals surface area contributed by atoms with Gasteiger partial charge >= 0.3 is 6.18 Å². The second-order valence-electron chi connectivity index (χ2n) is 7.77. The van der Waals surface area contributed by atoms with Gasteiger partial charge in [0.25, 0.3) is 5.56 Å². The maximum Gasteiger partial charge on any atom is 0.437 e. The number of ether oxygens (including phenoxy) is 1. The van der Waals surface area contributed by atoms with E-state index in [1.807, 2.05) is 0 Å². The minimum atomic E-state index is -5.02. The average Bonchev–Trinajstić information content (AvgIpc) is 2.82. The molecule has 4 rings (SSSR count). The highest BCUT2D eigenvalue weighted by Crippen LogP contribution is 2.35. The van der Waals surface area contributed by atoms with Gasteiger partial charge in [-0.15, -0.1) is 0 Å². The van der Waals surface area contributed by atoms with Crippen molar-refractivity contribution in [3.8, 4) is 17.6 Å². The van der Waals surface area contributed by atoms with E-state index >= 15 is 0 Å². The van der Waals surface area contributed by atoms with Gasteiger partial charge in [0, 0.05) is 29.4 Å². The van der Waals surface area contributed by atoms with E-state index in [1.54, 1.807) is 6.07 Å². The lowest BCUT2D eigenvalue weighted by atomic mass is 9.91. The van der Waals surface area contributed by atoms with Crippen molar-refractivity contribution < 1.29 is 27.1 Å². The number of aromatic nitrogens is 3. The predicted molar refractivity (Wildman–Crippen MR) is 116 cm³/mol. The summed E-state index contributed by atoms with van der Waals surface area (Å²) < 4.78 is 61.0. The van der Waals surface area contributed by atoms with Gasteiger partial charge in [-0.05, 0) is 30.7 Å². The monoisotopic (exact) mass is 522 g/mol. The van der Waals surface area contributed by atoms with E-state index in [0.717, 1.165) is 16.7 Å². The van der Waals surface area contributed by atoms with Crippen LogP contribution in [0.2, 0.25) is 5.02 Å². The zero-order valence-corrected chi connectivity index (χ0v) is 18.8. The fourth-order valence-electron chi connectivity index (χ4n) is 3.69. The third kappa shape index (κ3) is 5.29. The van der Waals surface area contributed by atoms with Crippen LogP contribution in [0.3, 0.4) is 0 Å². The number of nitrogens with zero attached hydrogens (tertiary/aromatic N) is 4. The van der Waals surface area contributed by atoms with Gasteiger partial charge in [0.2, 0.25) is 17.6 Å². The number of benzene rings is 1. The summed E-state index contributed by atoms with van der Waals surface area (Å²) in [6.45, 7) is -0.238. The SMILES string of the molecule is N#Cc1cc(Cl)cc(Oc2c(C(F)(F)F)ncn(CC3CC(c4cccnc4F)C(=O)NN3)c2=O)c1. The number of hydrogen-bond acceptors (Lipinski definition) is 7. The summed E-state index contributed by atoms with van der Waals surface area (Å²) in [7, 11) is 0. The van der Waals surface area contributed by atoms with Gasteiger partial charge in [0.15, 0.2) is 5.69 Å². The Bertz CT molecular complexity index is 1420. The molecule has 9 nitrogen and oxygen atoms in total. The maximum absolute atomic E-state index is 14.1. The number of halogens is 5. The molecule has 0 aliphatic carbocycles. The quantitative estimate of drug-likeness (QED) is 0.389. The molecule has 1 aliphatic rings. The highest BCUT2D eigenvalue weighted by atomic mass is 35.5. The van der Waals surface area contributed by atoms with Gasteiger partial charge in [-0.1, -0.05) is 17.7 Å². The number of amides is 1. The van der Waals surface area contributed by atoms with Crippen molar-refractivity contribution in [3.05, 3.63) is 81.0 Å². The van der Waals surface area contributed by atoms with Crippen molar-refractivity contribution in [2.75, 3.05) is 0 Å². The summed E-state index contributed by atoms with van der Waals surface area (Å²) in [5, 5.41) is 9.08. The highest BCUT2D eigenvalue weighted by molar-refractivity contribution is 6.30. The van der Waals surface area contributed by atoms with E-state index in [1.165, 1.54) is 24.4 Å². The number of rotatable bonds is 5. The molecule has 2 aromatic heterocycles. The summed E-state index contributed by atoms with van der Waals surface area (Å²) in [4.78, 5) is 32.2. The first-order valence-corrected chi connectivity index (χ1v) is 10.7. The number of nitrogens with one attached hydrogen (secondary N) is 2. The van der Waals surface area contributed by atoms with Crippen molar-refractivity contribution in [2.45, 2.75) is 31.1 Å². The number of nitriles is 1. The van der Waals surface area contributed by atoms with Gasteiger partial charge in [0.05, 0.1) is 23.9 Å². The Morgan fingerprint density at radius 1 is 1.25 bits per heavy atom. The van der Waals surface area contributed by atoms with Crippen LogP contribution in [-0.2, 0) is 17.5 Å². The van der Waals surface area contributed by atoms with Crippen LogP contribution in [-0.4, -0.2) is 26.5 Å². The molecular weight excluding hydrogens is 508 g/mol. The number of carbonyl (C=O) groups is 1. The summed E-state index contributed by atoms with van der Waals surface area (Å²) >= 11 is 5.89. The van der Waals surface area contributed by atoms with Gasteiger partial charge in [-0.3, -0.25) is 19.6 Å². The zero-order valence-electron chi connectivity index (χ0n) is 18.0. The molecule has 186 valence electrons. The van der Waals surface area contributed by atoms with Crippen molar-refractivity contribution >= 4 is 17.5 Å². The van der Waals surface area contributed by atoms with Crippen LogP contribution in [0.1, 0.15) is 29.2 Å². The fourth-order valence-corrected chi connectivity index (χ4v) is 3.92. The fraction of sp³-hybridized carbons (Fsp3) is 0.227. The van der Waals surface area contributed by atoms with Gasteiger partial charge < -0.3 is 4.74 Å². The first-order valence-electron chi connectivity index (χ1n) is 10.3. The Hall–Kier alpha value is -4.02. The molecule has 0 bridgehead atoms. The summed E-state index contributed by atoms with van der Waals surface area (Å²) in [5.41, 5.74) is 2.34. The molecule has 1 fully saturated rings.